The number of allylic oxidation sites excluding steroid dienone is 1. The lowest BCUT2D eigenvalue weighted by atomic mass is 9.82. The van der Waals surface area contributed by atoms with E-state index in [1.807, 2.05) is 69.4 Å². The second-order valence-electron chi connectivity index (χ2n) is 12.6. The van der Waals surface area contributed by atoms with Crippen LogP contribution in [0.15, 0.2) is 61.2 Å². The molecule has 0 amide bonds. The van der Waals surface area contributed by atoms with E-state index in [4.69, 9.17) is 4.74 Å². The molecule has 0 radical (unpaired) electrons. The van der Waals surface area contributed by atoms with Crippen LogP contribution in [0.1, 0.15) is 172 Å². The maximum absolute atomic E-state index is 13.0. The van der Waals surface area contributed by atoms with Crippen LogP contribution in [0.3, 0.4) is 0 Å². The summed E-state index contributed by atoms with van der Waals surface area (Å²) in [7, 11) is 4.11. The number of anilines is 1. The highest BCUT2D eigenvalue weighted by molar-refractivity contribution is 5.72. The van der Waals surface area contributed by atoms with E-state index in [2.05, 4.69) is 119 Å². The van der Waals surface area contributed by atoms with E-state index >= 15 is 0 Å². The third-order valence-electron chi connectivity index (χ3n) is 8.93. The molecule has 53 heavy (non-hydrogen) atoms. The van der Waals surface area contributed by atoms with Crippen LogP contribution in [0.25, 0.3) is 5.57 Å². The number of hydrogen-bond acceptors (Lipinski definition) is 5. The molecular formula is C48H81N3O2. The van der Waals surface area contributed by atoms with E-state index in [0.29, 0.717) is 18.9 Å². The van der Waals surface area contributed by atoms with E-state index in [1.54, 1.807) is 0 Å². The minimum absolute atomic E-state index is 0.105. The zero-order valence-corrected chi connectivity index (χ0v) is 37.2. The molecule has 0 aromatic heterocycles. The van der Waals surface area contributed by atoms with E-state index in [1.165, 1.54) is 33.4 Å². The Balaban J connectivity index is 0. The van der Waals surface area contributed by atoms with Crippen molar-refractivity contribution >= 4 is 17.2 Å². The van der Waals surface area contributed by atoms with Crippen molar-refractivity contribution in [3.8, 4) is 0 Å². The van der Waals surface area contributed by atoms with Crippen LogP contribution >= 0.6 is 0 Å². The summed E-state index contributed by atoms with van der Waals surface area (Å²) < 4.78 is 5.49. The van der Waals surface area contributed by atoms with Gasteiger partial charge < -0.3 is 15.1 Å². The average Bonchev–Trinajstić information content (AvgIpc) is 3.18. The second-order valence-corrected chi connectivity index (χ2v) is 12.6. The third-order valence-corrected chi connectivity index (χ3v) is 8.93. The normalized spacial score (nSPS) is 11.2. The van der Waals surface area contributed by atoms with Crippen LogP contribution in [0.2, 0.25) is 0 Å². The van der Waals surface area contributed by atoms with Gasteiger partial charge >= 0.3 is 5.97 Å². The Kier molecular flexibility index (Phi) is 30.2. The molecule has 2 N–H and O–H groups in total. The Bertz CT molecular complexity index is 1390. The van der Waals surface area contributed by atoms with Gasteiger partial charge in [-0.15, -0.1) is 0 Å². The molecular weight excluding hydrogens is 651 g/mol. The summed E-state index contributed by atoms with van der Waals surface area (Å²) >= 11 is 0. The number of rotatable bonds is 18. The van der Waals surface area contributed by atoms with Crippen LogP contribution in [0, 0.1) is 6.92 Å². The van der Waals surface area contributed by atoms with Crippen molar-refractivity contribution in [3.63, 3.8) is 0 Å². The summed E-state index contributed by atoms with van der Waals surface area (Å²) in [5.74, 6) is 0.157. The predicted octanol–water partition coefficient (Wildman–Crippen LogP) is 13.3. The van der Waals surface area contributed by atoms with E-state index in [0.717, 1.165) is 67.6 Å². The summed E-state index contributed by atoms with van der Waals surface area (Å²) in [5.41, 5.74) is 19.0. The van der Waals surface area contributed by atoms with Gasteiger partial charge in [0.1, 0.15) is 0 Å². The fraction of sp³-hybridized carbons (Fsp3) is 0.562. The molecule has 5 nitrogen and oxygen atoms in total. The number of carbonyl (C=O) groups excluding carboxylic acids is 1. The van der Waals surface area contributed by atoms with Gasteiger partial charge in [-0.3, -0.25) is 4.79 Å². The number of hydrogen-bond donors (Lipinski definition) is 2. The number of esters is 1. The smallest absolute Gasteiger partial charge is 0.306 e. The lowest BCUT2D eigenvalue weighted by Gasteiger charge is -2.26. The first-order chi connectivity index (χ1) is 25.6. The Morgan fingerprint density at radius 1 is 0.849 bits per heavy atom. The van der Waals surface area contributed by atoms with Crippen molar-refractivity contribution in [1.82, 2.24) is 10.3 Å². The number of aryl methyl sites for hydroxylation is 3. The highest BCUT2D eigenvalue weighted by Crippen LogP contribution is 2.38. The quantitative estimate of drug-likeness (QED) is 0.101. The molecule has 0 heterocycles. The van der Waals surface area contributed by atoms with Crippen LogP contribution in [0.5, 0.6) is 0 Å². The highest BCUT2D eigenvalue weighted by atomic mass is 16.5. The maximum Gasteiger partial charge on any atom is 0.306 e. The molecule has 0 saturated carbocycles. The molecule has 300 valence electrons. The number of nitrogens with zero attached hydrogens (tertiary/aromatic N) is 1. The SMILES string of the molecule is C=C(C)c1ccccc1CCCN(C)Cc1cc(C(CC(=O)OCC)c2cc(CCC)c(C(C)CC)c(NNC)c2)ccc1C.CC.CC.CC.CC. The number of ether oxygens (including phenoxy) is 1. The first-order valence-corrected chi connectivity index (χ1v) is 20.9. The molecule has 0 saturated heterocycles. The third kappa shape index (κ3) is 17.5. The Hall–Kier alpha value is -3.41. The van der Waals surface area contributed by atoms with Crippen molar-refractivity contribution in [2.24, 2.45) is 0 Å². The lowest BCUT2D eigenvalue weighted by molar-refractivity contribution is -0.143. The molecule has 0 aliphatic rings. The fourth-order valence-corrected chi connectivity index (χ4v) is 6.40. The second kappa shape index (κ2) is 31.0. The van der Waals surface area contributed by atoms with Crippen molar-refractivity contribution in [1.29, 1.82) is 0 Å². The largest absolute Gasteiger partial charge is 0.466 e. The predicted molar refractivity (Wildman–Crippen MR) is 237 cm³/mol. The molecule has 0 aliphatic heterocycles. The summed E-state index contributed by atoms with van der Waals surface area (Å²) in [6.45, 7) is 35.3. The topological polar surface area (TPSA) is 53.6 Å². The molecule has 0 bridgehead atoms. The minimum Gasteiger partial charge on any atom is -0.466 e. The van der Waals surface area contributed by atoms with Gasteiger partial charge in [0.15, 0.2) is 0 Å². The van der Waals surface area contributed by atoms with Crippen LogP contribution in [-0.2, 0) is 28.9 Å². The zero-order valence-electron chi connectivity index (χ0n) is 37.2. The van der Waals surface area contributed by atoms with Gasteiger partial charge in [-0.25, -0.2) is 5.43 Å². The van der Waals surface area contributed by atoms with Crippen LogP contribution in [-0.4, -0.2) is 38.1 Å². The van der Waals surface area contributed by atoms with Gasteiger partial charge in [-0.1, -0.05) is 143 Å². The molecule has 3 aromatic rings. The van der Waals surface area contributed by atoms with Gasteiger partial charge in [0, 0.05) is 19.5 Å². The van der Waals surface area contributed by atoms with Gasteiger partial charge in [0.05, 0.1) is 18.7 Å². The summed E-state index contributed by atoms with van der Waals surface area (Å²) in [6.07, 6.45) is 5.54. The highest BCUT2D eigenvalue weighted by Gasteiger charge is 2.24. The Morgan fingerprint density at radius 2 is 1.47 bits per heavy atom. The minimum atomic E-state index is -0.164. The Morgan fingerprint density at radius 3 is 2.04 bits per heavy atom. The zero-order chi connectivity index (χ0) is 40.9. The van der Waals surface area contributed by atoms with Gasteiger partial charge in [-0.05, 0) is 117 Å². The fourth-order valence-electron chi connectivity index (χ4n) is 6.40. The molecule has 3 rings (SSSR count). The standard InChI is InChI=1S/C40H57N3O2.4C2H6/c1-10-16-33-24-34(25-38(42-41-8)40(33)29(6)11-2)37(26-39(44)45-12-3)32-21-20-30(7)35(23-32)27-43(9)22-15-18-31-17-13-14-19-36(31)28(4)5;4*1-2/h13-14,17,19-21,23-25,29,37,41-42H,4,10-12,15-16,18,22,26-27H2,1-3,5-9H3;4*1-2H3. The van der Waals surface area contributed by atoms with Gasteiger partial charge in [0.2, 0.25) is 0 Å². The molecule has 2 atom stereocenters. The van der Waals surface area contributed by atoms with Gasteiger partial charge in [0.25, 0.3) is 0 Å². The summed E-state index contributed by atoms with van der Waals surface area (Å²) in [6, 6.07) is 19.9. The number of hydrazine groups is 1. The van der Waals surface area contributed by atoms with Crippen molar-refractivity contribution in [3.05, 3.63) is 106 Å². The number of benzene rings is 3. The molecule has 0 aliphatic carbocycles. The van der Waals surface area contributed by atoms with Gasteiger partial charge in [-0.2, -0.15) is 0 Å². The molecule has 0 spiro atoms. The number of nitrogens with one attached hydrogen (secondary N) is 2. The molecule has 5 heteroatoms. The average molecular weight is 732 g/mol. The molecule has 3 aromatic carbocycles. The van der Waals surface area contributed by atoms with Crippen molar-refractivity contribution in [2.45, 2.75) is 154 Å². The van der Waals surface area contributed by atoms with E-state index < -0.39 is 0 Å². The number of carbonyl (C=O) groups is 1. The summed E-state index contributed by atoms with van der Waals surface area (Å²) in [5, 5.41) is 0. The molecule has 2 unspecified atom stereocenters. The van der Waals surface area contributed by atoms with E-state index in [9.17, 15) is 4.79 Å². The first kappa shape index (κ1) is 51.7. The van der Waals surface area contributed by atoms with Crippen molar-refractivity contribution < 1.29 is 9.53 Å². The van der Waals surface area contributed by atoms with E-state index in [-0.39, 0.29) is 11.9 Å². The van der Waals surface area contributed by atoms with Crippen LogP contribution < -0.4 is 10.9 Å². The maximum atomic E-state index is 13.0. The summed E-state index contributed by atoms with van der Waals surface area (Å²) in [4.78, 5) is 15.4. The molecule has 0 fully saturated rings. The van der Waals surface area contributed by atoms with Crippen molar-refractivity contribution in [2.75, 3.05) is 32.7 Å². The lowest BCUT2D eigenvalue weighted by Crippen LogP contribution is -2.21. The first-order valence-electron chi connectivity index (χ1n) is 20.9. The monoisotopic (exact) mass is 732 g/mol. The van der Waals surface area contributed by atoms with Crippen LogP contribution in [0.4, 0.5) is 5.69 Å². The Labute approximate surface area is 328 Å².